The molecule has 1 fully saturated rings. The molecule has 3 heterocycles. The number of nitrogens with zero attached hydrogens (tertiary/aromatic N) is 2. The summed E-state index contributed by atoms with van der Waals surface area (Å²) < 4.78 is 8.57. The van der Waals surface area contributed by atoms with E-state index in [2.05, 4.69) is 137 Å². The van der Waals surface area contributed by atoms with E-state index >= 15 is 0 Å². The Morgan fingerprint density at radius 1 is 0.511 bits per heavy atom. The number of rotatable bonds is 3. The van der Waals surface area contributed by atoms with Gasteiger partial charge in [0.05, 0.1) is 11.0 Å². The van der Waals surface area contributed by atoms with E-state index in [4.69, 9.17) is 4.42 Å². The number of fused-ring (bicyclic) bond motifs is 9. The SMILES string of the molecule is c1ccc(-n2c3ccccc3c3cc(-c4ccc5c(c4)C4CCCCC4N5c4ccc5oc6ccccc6c5c4)ccc32)cc1. The van der Waals surface area contributed by atoms with Crippen molar-refractivity contribution in [1.82, 2.24) is 4.57 Å². The maximum absolute atomic E-state index is 6.17. The Kier molecular flexibility index (Phi) is 5.36. The molecular formula is C42H32N2O. The molecular weight excluding hydrogens is 548 g/mol. The Balaban J connectivity index is 1.11. The quantitative estimate of drug-likeness (QED) is 0.207. The standard InChI is InChI=1S/C42H32N2O/c1-2-10-29(11-3-1)43-37-15-7-4-12-31(37)34-24-27(18-21-39(34)43)28-19-22-40-35(25-28)32-13-5-8-16-38(32)44(40)30-20-23-42-36(26-30)33-14-6-9-17-41(33)45-42/h1-4,6-7,9-12,14-15,17-26,32,38H,5,8,13,16H2. The molecule has 6 aromatic carbocycles. The fourth-order valence-electron chi connectivity index (χ4n) is 8.41. The monoisotopic (exact) mass is 580 g/mol. The minimum Gasteiger partial charge on any atom is -0.456 e. The summed E-state index contributed by atoms with van der Waals surface area (Å²) >= 11 is 0. The Morgan fingerprint density at radius 2 is 1.24 bits per heavy atom. The van der Waals surface area contributed by atoms with Crippen molar-refractivity contribution in [3.63, 3.8) is 0 Å². The van der Waals surface area contributed by atoms with Gasteiger partial charge in [-0.25, -0.2) is 0 Å². The average Bonchev–Trinajstić information content (AvgIpc) is 3.75. The molecule has 10 rings (SSSR count). The van der Waals surface area contributed by atoms with Gasteiger partial charge in [-0.1, -0.05) is 79.6 Å². The van der Waals surface area contributed by atoms with Crippen LogP contribution in [-0.2, 0) is 0 Å². The van der Waals surface area contributed by atoms with Crippen molar-refractivity contribution < 1.29 is 4.42 Å². The van der Waals surface area contributed by atoms with Gasteiger partial charge in [-0.05, 0) is 96.3 Å². The van der Waals surface area contributed by atoms with E-state index in [0.29, 0.717) is 12.0 Å². The molecule has 2 atom stereocenters. The molecule has 2 aliphatic rings. The number of hydrogen-bond acceptors (Lipinski definition) is 2. The molecule has 1 aliphatic heterocycles. The van der Waals surface area contributed by atoms with Gasteiger partial charge in [-0.2, -0.15) is 0 Å². The molecule has 0 bridgehead atoms. The summed E-state index contributed by atoms with van der Waals surface area (Å²) in [5, 5.41) is 4.97. The molecule has 1 aliphatic carbocycles. The topological polar surface area (TPSA) is 21.3 Å². The summed E-state index contributed by atoms with van der Waals surface area (Å²) in [5.41, 5.74) is 12.3. The third kappa shape index (κ3) is 3.70. The first-order chi connectivity index (χ1) is 22.3. The molecule has 45 heavy (non-hydrogen) atoms. The maximum atomic E-state index is 6.17. The molecule has 3 heteroatoms. The number of aromatic nitrogens is 1. The van der Waals surface area contributed by atoms with Gasteiger partial charge in [0, 0.05) is 50.6 Å². The van der Waals surface area contributed by atoms with Gasteiger partial charge in [0.25, 0.3) is 0 Å². The highest BCUT2D eigenvalue weighted by Crippen LogP contribution is 2.52. The predicted molar refractivity (Wildman–Crippen MR) is 187 cm³/mol. The molecule has 0 spiro atoms. The summed E-state index contributed by atoms with van der Waals surface area (Å²) in [6, 6.07) is 49.4. The third-order valence-electron chi connectivity index (χ3n) is 10.4. The van der Waals surface area contributed by atoms with Gasteiger partial charge in [0.2, 0.25) is 0 Å². The van der Waals surface area contributed by atoms with Crippen LogP contribution in [0.15, 0.2) is 138 Å². The van der Waals surface area contributed by atoms with Crippen LogP contribution in [0.3, 0.4) is 0 Å². The maximum Gasteiger partial charge on any atom is 0.135 e. The van der Waals surface area contributed by atoms with Crippen LogP contribution in [0.1, 0.15) is 37.2 Å². The van der Waals surface area contributed by atoms with Gasteiger partial charge in [-0.15, -0.1) is 0 Å². The minimum absolute atomic E-state index is 0.492. The first-order valence-electron chi connectivity index (χ1n) is 16.3. The van der Waals surface area contributed by atoms with E-state index in [1.165, 1.54) is 92.0 Å². The predicted octanol–water partition coefficient (Wildman–Crippen LogP) is 11.5. The van der Waals surface area contributed by atoms with Crippen LogP contribution in [0.5, 0.6) is 0 Å². The largest absolute Gasteiger partial charge is 0.456 e. The number of anilines is 2. The van der Waals surface area contributed by atoms with Gasteiger partial charge < -0.3 is 13.9 Å². The van der Waals surface area contributed by atoms with Crippen LogP contribution in [0.25, 0.3) is 60.6 Å². The van der Waals surface area contributed by atoms with E-state index in [1.54, 1.807) is 0 Å². The van der Waals surface area contributed by atoms with Crippen molar-refractivity contribution >= 4 is 55.1 Å². The smallest absolute Gasteiger partial charge is 0.135 e. The molecule has 1 saturated carbocycles. The van der Waals surface area contributed by atoms with Crippen LogP contribution in [0.4, 0.5) is 11.4 Å². The van der Waals surface area contributed by atoms with Crippen LogP contribution >= 0.6 is 0 Å². The second-order valence-corrected chi connectivity index (χ2v) is 12.8. The van der Waals surface area contributed by atoms with Crippen molar-refractivity contribution in [1.29, 1.82) is 0 Å². The van der Waals surface area contributed by atoms with E-state index in [-0.39, 0.29) is 0 Å². The zero-order valence-electron chi connectivity index (χ0n) is 25.0. The van der Waals surface area contributed by atoms with Crippen molar-refractivity contribution in [3.05, 3.63) is 139 Å². The van der Waals surface area contributed by atoms with E-state index in [0.717, 1.165) is 11.2 Å². The molecule has 2 unspecified atom stereocenters. The highest BCUT2D eigenvalue weighted by Gasteiger charge is 2.40. The molecule has 3 nitrogen and oxygen atoms in total. The lowest BCUT2D eigenvalue weighted by Crippen LogP contribution is -2.32. The van der Waals surface area contributed by atoms with E-state index < -0.39 is 0 Å². The summed E-state index contributed by atoms with van der Waals surface area (Å²) in [7, 11) is 0. The number of para-hydroxylation sites is 3. The summed E-state index contributed by atoms with van der Waals surface area (Å²) in [6.07, 6.45) is 5.06. The highest BCUT2D eigenvalue weighted by molar-refractivity contribution is 6.10. The van der Waals surface area contributed by atoms with Gasteiger partial charge in [0.15, 0.2) is 0 Å². The van der Waals surface area contributed by atoms with Gasteiger partial charge in [-0.3, -0.25) is 0 Å². The van der Waals surface area contributed by atoms with Gasteiger partial charge >= 0.3 is 0 Å². The van der Waals surface area contributed by atoms with Crippen molar-refractivity contribution in [2.75, 3.05) is 4.90 Å². The zero-order valence-corrected chi connectivity index (χ0v) is 25.0. The van der Waals surface area contributed by atoms with Crippen molar-refractivity contribution in [2.45, 2.75) is 37.6 Å². The summed E-state index contributed by atoms with van der Waals surface area (Å²) in [4.78, 5) is 2.64. The van der Waals surface area contributed by atoms with Crippen LogP contribution < -0.4 is 4.90 Å². The van der Waals surface area contributed by atoms with E-state index in [9.17, 15) is 0 Å². The zero-order chi connectivity index (χ0) is 29.5. The number of benzene rings is 6. The minimum atomic E-state index is 0.492. The van der Waals surface area contributed by atoms with Crippen LogP contribution in [0.2, 0.25) is 0 Å². The van der Waals surface area contributed by atoms with Crippen molar-refractivity contribution in [2.24, 2.45) is 0 Å². The van der Waals surface area contributed by atoms with Gasteiger partial charge in [0.1, 0.15) is 11.2 Å². The van der Waals surface area contributed by atoms with Crippen molar-refractivity contribution in [3.8, 4) is 16.8 Å². The normalized spacial score (nSPS) is 17.8. The molecule has 2 aromatic heterocycles. The highest BCUT2D eigenvalue weighted by atomic mass is 16.3. The second-order valence-electron chi connectivity index (χ2n) is 12.8. The summed E-state index contributed by atoms with van der Waals surface area (Å²) in [6.45, 7) is 0. The lowest BCUT2D eigenvalue weighted by atomic mass is 9.82. The Hall–Kier alpha value is -5.28. The average molecular weight is 581 g/mol. The fourth-order valence-corrected chi connectivity index (χ4v) is 8.41. The number of furan rings is 1. The number of hydrogen-bond donors (Lipinski definition) is 0. The molecule has 0 amide bonds. The molecule has 8 aromatic rings. The molecule has 0 saturated heterocycles. The third-order valence-corrected chi connectivity index (χ3v) is 10.4. The van der Waals surface area contributed by atoms with Crippen LogP contribution in [-0.4, -0.2) is 10.6 Å². The molecule has 0 N–H and O–H groups in total. The Morgan fingerprint density at radius 3 is 2.18 bits per heavy atom. The first kappa shape index (κ1) is 25.1. The Bertz CT molecular complexity index is 2410. The lowest BCUT2D eigenvalue weighted by molar-refractivity contribution is 0.402. The first-order valence-corrected chi connectivity index (χ1v) is 16.3. The second kappa shape index (κ2) is 9.61. The van der Waals surface area contributed by atoms with E-state index in [1.807, 2.05) is 6.07 Å². The lowest BCUT2D eigenvalue weighted by Gasteiger charge is -2.33. The fraction of sp³-hybridized carbons (Fsp3) is 0.143. The summed E-state index contributed by atoms with van der Waals surface area (Å²) in [5.74, 6) is 0.550. The molecule has 0 radical (unpaired) electrons. The van der Waals surface area contributed by atoms with Crippen LogP contribution in [0, 0.1) is 0 Å². The Labute approximate surface area is 261 Å². The molecule has 216 valence electrons.